The summed E-state index contributed by atoms with van der Waals surface area (Å²) in [5, 5.41) is 3.04. The topological polar surface area (TPSA) is 60.5 Å². The highest BCUT2D eigenvalue weighted by Gasteiger charge is 2.43. The number of piperidine rings is 1. The summed E-state index contributed by atoms with van der Waals surface area (Å²) in [5.74, 6) is 0.452. The summed E-state index contributed by atoms with van der Waals surface area (Å²) >= 11 is 1.62. The van der Waals surface area contributed by atoms with Crippen LogP contribution in [0.1, 0.15) is 12.1 Å². The van der Waals surface area contributed by atoms with Crippen molar-refractivity contribution in [3.8, 4) is 10.6 Å². The molecule has 3 atom stereocenters. The molecule has 0 saturated carbocycles. The van der Waals surface area contributed by atoms with Crippen LogP contribution < -0.4 is 10.9 Å². The Morgan fingerprint density at radius 1 is 1.35 bits per heavy atom. The number of nitrogens with zero attached hydrogens (tertiary/aromatic N) is 3. The molecule has 3 unspecified atom stereocenters. The van der Waals surface area contributed by atoms with E-state index in [0.717, 1.165) is 35.8 Å². The van der Waals surface area contributed by atoms with E-state index >= 15 is 0 Å². The van der Waals surface area contributed by atoms with Crippen LogP contribution in [0.4, 0.5) is 0 Å². The first-order valence-corrected chi connectivity index (χ1v) is 9.94. The van der Waals surface area contributed by atoms with Crippen molar-refractivity contribution in [1.82, 2.24) is 25.6 Å². The molecule has 2 aliphatic heterocycles. The summed E-state index contributed by atoms with van der Waals surface area (Å²) in [5.41, 5.74) is 8.60. The zero-order valence-corrected chi connectivity index (χ0v) is 16.0. The number of nitrogens with one attached hydrogen (secondary N) is 2. The van der Waals surface area contributed by atoms with E-state index in [2.05, 4.69) is 34.9 Å². The number of carbonyl (C=O) groups is 1. The molecular formula is C19H25N5OS. The summed E-state index contributed by atoms with van der Waals surface area (Å²) in [4.78, 5) is 21.8. The second-order valence-corrected chi connectivity index (χ2v) is 8.15. The normalized spacial score (nSPS) is 25.8. The molecule has 1 aromatic carbocycles. The number of hydrogen-bond donors (Lipinski definition) is 2. The second-order valence-electron chi connectivity index (χ2n) is 7.29. The minimum atomic E-state index is -0.167. The van der Waals surface area contributed by atoms with Gasteiger partial charge >= 0.3 is 0 Å². The van der Waals surface area contributed by atoms with Crippen LogP contribution >= 0.6 is 11.3 Å². The van der Waals surface area contributed by atoms with Crippen LogP contribution in [-0.4, -0.2) is 60.0 Å². The van der Waals surface area contributed by atoms with Gasteiger partial charge in [-0.1, -0.05) is 30.3 Å². The molecule has 26 heavy (non-hydrogen) atoms. The maximum absolute atomic E-state index is 13.0. The first kappa shape index (κ1) is 17.6. The molecule has 2 saturated heterocycles. The number of hydrogen-bond acceptors (Lipinski definition) is 6. The van der Waals surface area contributed by atoms with Crippen molar-refractivity contribution >= 4 is 17.2 Å². The minimum absolute atomic E-state index is 0.134. The molecule has 0 radical (unpaired) electrons. The molecule has 7 heteroatoms. The first-order chi connectivity index (χ1) is 12.6. The summed E-state index contributed by atoms with van der Waals surface area (Å²) in [6, 6.07) is 10.4. The number of hydrazine groups is 1. The van der Waals surface area contributed by atoms with Crippen molar-refractivity contribution < 1.29 is 4.79 Å². The number of carbonyl (C=O) groups excluding carboxylic acids is 1. The third kappa shape index (κ3) is 3.53. The van der Waals surface area contributed by atoms with E-state index in [1.165, 1.54) is 0 Å². The lowest BCUT2D eigenvalue weighted by molar-refractivity contribution is -0.133. The van der Waals surface area contributed by atoms with Gasteiger partial charge in [0.15, 0.2) is 0 Å². The molecule has 2 aromatic rings. The molecule has 0 bridgehead atoms. The Morgan fingerprint density at radius 2 is 2.15 bits per heavy atom. The third-order valence-corrected chi connectivity index (χ3v) is 6.27. The van der Waals surface area contributed by atoms with Crippen LogP contribution in [0.2, 0.25) is 0 Å². The van der Waals surface area contributed by atoms with Gasteiger partial charge in [-0.25, -0.2) is 10.4 Å². The fourth-order valence-electron chi connectivity index (χ4n) is 3.87. The number of amides is 1. The van der Waals surface area contributed by atoms with Gasteiger partial charge in [0.25, 0.3) is 0 Å². The minimum Gasteiger partial charge on any atom is -0.338 e. The Balaban J connectivity index is 1.41. The molecule has 1 amide bonds. The largest absolute Gasteiger partial charge is 0.338 e. The predicted molar refractivity (Wildman–Crippen MR) is 103 cm³/mol. The van der Waals surface area contributed by atoms with Crippen LogP contribution in [-0.2, 0) is 11.3 Å². The lowest BCUT2D eigenvalue weighted by atomic mass is 9.88. The molecule has 138 valence electrons. The highest BCUT2D eigenvalue weighted by Crippen LogP contribution is 2.26. The number of thiazole rings is 1. The Hall–Kier alpha value is -1.80. The van der Waals surface area contributed by atoms with Gasteiger partial charge in [0.05, 0.1) is 12.2 Å². The number of likely N-dealkylation sites (tertiary alicyclic amines) is 1. The summed E-state index contributed by atoms with van der Waals surface area (Å²) in [7, 11) is 3.99. The maximum atomic E-state index is 13.0. The number of aromatic nitrogens is 1. The molecule has 1 aromatic heterocycles. The monoisotopic (exact) mass is 371 g/mol. The molecule has 2 N–H and O–H groups in total. The van der Waals surface area contributed by atoms with E-state index in [9.17, 15) is 4.79 Å². The number of fused-ring (bicyclic) bond motifs is 1. The molecule has 2 aliphatic rings. The molecule has 4 rings (SSSR count). The average molecular weight is 372 g/mol. The van der Waals surface area contributed by atoms with Crippen molar-refractivity contribution in [3.63, 3.8) is 0 Å². The smallest absolute Gasteiger partial charge is 0.241 e. The van der Waals surface area contributed by atoms with Gasteiger partial charge < -0.3 is 9.80 Å². The fourth-order valence-corrected chi connectivity index (χ4v) is 4.69. The Labute approximate surface area is 158 Å². The molecule has 0 aliphatic carbocycles. The Bertz CT molecular complexity index is 764. The first-order valence-electron chi connectivity index (χ1n) is 9.06. The highest BCUT2D eigenvalue weighted by atomic mass is 32.1. The zero-order chi connectivity index (χ0) is 18.1. The van der Waals surface area contributed by atoms with Gasteiger partial charge in [-0.2, -0.15) is 0 Å². The van der Waals surface area contributed by atoms with Crippen LogP contribution in [0.3, 0.4) is 0 Å². The molecule has 6 nitrogen and oxygen atoms in total. The average Bonchev–Trinajstić information content (AvgIpc) is 3.28. The van der Waals surface area contributed by atoms with E-state index in [1.807, 2.05) is 30.6 Å². The summed E-state index contributed by atoms with van der Waals surface area (Å²) in [6.45, 7) is 2.56. The van der Waals surface area contributed by atoms with Gasteiger partial charge in [0.2, 0.25) is 5.91 Å². The van der Waals surface area contributed by atoms with E-state index in [0.29, 0.717) is 18.5 Å². The van der Waals surface area contributed by atoms with Gasteiger partial charge in [0, 0.05) is 36.5 Å². The van der Waals surface area contributed by atoms with Crippen LogP contribution in [0.25, 0.3) is 10.6 Å². The van der Waals surface area contributed by atoms with E-state index in [-0.39, 0.29) is 11.9 Å². The van der Waals surface area contributed by atoms with Crippen LogP contribution in [0, 0.1) is 5.92 Å². The lowest BCUT2D eigenvalue weighted by Gasteiger charge is -2.34. The SMILES string of the molecule is CN1CCC2NNC(C(=O)N(C)Cc3csc(-c4ccccc4)n3)C2C1. The third-order valence-electron chi connectivity index (χ3n) is 5.33. The molecule has 3 heterocycles. The predicted octanol–water partition coefficient (Wildman–Crippen LogP) is 1.57. The fraction of sp³-hybridized carbons (Fsp3) is 0.474. The maximum Gasteiger partial charge on any atom is 0.241 e. The highest BCUT2D eigenvalue weighted by molar-refractivity contribution is 7.13. The molecular weight excluding hydrogens is 346 g/mol. The number of rotatable bonds is 4. The van der Waals surface area contributed by atoms with Crippen molar-refractivity contribution in [1.29, 1.82) is 0 Å². The van der Waals surface area contributed by atoms with E-state index < -0.39 is 0 Å². The zero-order valence-electron chi connectivity index (χ0n) is 15.2. The summed E-state index contributed by atoms with van der Waals surface area (Å²) < 4.78 is 0. The van der Waals surface area contributed by atoms with Crippen molar-refractivity contribution in [2.45, 2.75) is 25.0 Å². The molecule has 2 fully saturated rings. The number of likely N-dealkylation sites (N-methyl/N-ethyl adjacent to an activating group) is 1. The van der Waals surface area contributed by atoms with Crippen LogP contribution in [0.5, 0.6) is 0 Å². The standard InChI is InChI=1S/C19H25N5OS/c1-23-9-8-16-15(11-23)17(22-21-16)19(25)24(2)10-14-12-26-18(20-14)13-6-4-3-5-7-13/h3-7,12,15-17,21-22H,8-11H2,1-2H3. The van der Waals surface area contributed by atoms with Crippen molar-refractivity contribution in [3.05, 3.63) is 41.4 Å². The van der Waals surface area contributed by atoms with Crippen molar-refractivity contribution in [2.24, 2.45) is 5.92 Å². The quantitative estimate of drug-likeness (QED) is 0.854. The molecule has 0 spiro atoms. The van der Waals surface area contributed by atoms with Gasteiger partial charge in [0.1, 0.15) is 11.0 Å². The summed E-state index contributed by atoms with van der Waals surface area (Å²) in [6.07, 6.45) is 1.08. The number of benzene rings is 1. The van der Waals surface area contributed by atoms with E-state index in [4.69, 9.17) is 4.98 Å². The van der Waals surface area contributed by atoms with Gasteiger partial charge in [-0.3, -0.25) is 10.2 Å². The lowest BCUT2D eigenvalue weighted by Crippen LogP contribution is -2.49. The Kier molecular flexibility index (Phi) is 5.04. The van der Waals surface area contributed by atoms with Gasteiger partial charge in [-0.15, -0.1) is 11.3 Å². The van der Waals surface area contributed by atoms with Gasteiger partial charge in [-0.05, 0) is 20.0 Å². The van der Waals surface area contributed by atoms with E-state index in [1.54, 1.807) is 16.2 Å². The van der Waals surface area contributed by atoms with Crippen molar-refractivity contribution in [2.75, 3.05) is 27.2 Å². The Morgan fingerprint density at radius 3 is 2.96 bits per heavy atom. The second kappa shape index (κ2) is 7.44. The van der Waals surface area contributed by atoms with Crippen LogP contribution in [0.15, 0.2) is 35.7 Å².